The molecular weight excluding hydrogens is 1080 g/mol. The number of carbonyl (C=O) groups excluding carboxylic acids is 4. The molecular formula is C66H86N2O12S2. The molecule has 2 heterocycles. The quantitative estimate of drug-likeness (QED) is 0.0969. The summed E-state index contributed by atoms with van der Waals surface area (Å²) in [5.41, 5.74) is 3.22. The summed E-state index contributed by atoms with van der Waals surface area (Å²) in [5, 5.41) is 0. The van der Waals surface area contributed by atoms with Gasteiger partial charge in [0.05, 0.1) is 57.7 Å². The zero-order chi connectivity index (χ0) is 60.1. The number of anilines is 2. The first-order valence-electron chi connectivity index (χ1n) is 29.4. The number of esters is 2. The number of ether oxygens (including phenoxy) is 4. The van der Waals surface area contributed by atoms with Crippen molar-refractivity contribution in [2.45, 2.75) is 195 Å². The van der Waals surface area contributed by atoms with Crippen molar-refractivity contribution in [2.75, 3.05) is 8.61 Å². The van der Waals surface area contributed by atoms with Gasteiger partial charge >= 0.3 is 11.9 Å². The van der Waals surface area contributed by atoms with Crippen LogP contribution in [0.25, 0.3) is 0 Å². The van der Waals surface area contributed by atoms with E-state index in [2.05, 4.69) is 41.5 Å². The number of carbonyl (C=O) groups is 4. The smallest absolute Gasteiger partial charge is 0.319 e. The van der Waals surface area contributed by atoms with Gasteiger partial charge in [-0.1, -0.05) is 104 Å². The lowest BCUT2D eigenvalue weighted by atomic mass is 9.70. The number of sulfonamides is 2. The molecule has 0 unspecified atom stereocenters. The first-order valence-corrected chi connectivity index (χ1v) is 32.2. The molecule has 2 aliphatic heterocycles. The van der Waals surface area contributed by atoms with E-state index in [-0.39, 0.29) is 56.2 Å². The van der Waals surface area contributed by atoms with E-state index < -0.39 is 103 Å². The highest BCUT2D eigenvalue weighted by atomic mass is 32.2. The standard InChI is InChI=1S/2C33H43NO6S/c2*1-19-16-20(2)18-24(17-19)34(41(37,38)25-12-10-9-11-13-25)28-26-14-15-33(8,32(26,6)7)30(28)40-31(36)27-23(5)39-22(4)21(3)29(27)35/h2*9-13,16-18,21-23,26-28,30H,14-15H2,1-8H3/t2*21-,22-,23+,26+,27+,28+,30+,33-/m00/s1. The molecule has 82 heavy (non-hydrogen) atoms. The normalized spacial score (nSPS) is 34.4. The van der Waals surface area contributed by atoms with Crippen molar-refractivity contribution in [3.05, 3.63) is 119 Å². The van der Waals surface area contributed by atoms with Gasteiger partial charge in [0.2, 0.25) is 0 Å². The molecule has 4 saturated carbocycles. The molecule has 6 fully saturated rings. The molecule has 14 nitrogen and oxygen atoms in total. The summed E-state index contributed by atoms with van der Waals surface area (Å²) in [5.74, 6) is -4.73. The number of hydrogen-bond donors (Lipinski definition) is 0. The van der Waals surface area contributed by atoms with Gasteiger partial charge in [-0.05, 0) is 175 Å². The van der Waals surface area contributed by atoms with E-state index in [0.717, 1.165) is 47.9 Å². The molecule has 10 rings (SSSR count). The molecule has 0 N–H and O–H groups in total. The molecule has 4 aromatic rings. The van der Waals surface area contributed by atoms with Crippen LogP contribution in [0.1, 0.15) is 131 Å². The topological polar surface area (TPSA) is 180 Å². The Morgan fingerprint density at radius 1 is 0.488 bits per heavy atom. The predicted molar refractivity (Wildman–Crippen MR) is 316 cm³/mol. The molecule has 4 bridgehead atoms. The minimum Gasteiger partial charge on any atom is -0.459 e. The third-order valence-corrected chi connectivity index (χ3v) is 24.9. The maximum absolute atomic E-state index is 14.6. The minimum atomic E-state index is -4.05. The van der Waals surface area contributed by atoms with Crippen molar-refractivity contribution < 1.29 is 55.0 Å². The number of Topliss-reactive ketones (excluding diaryl/α,β-unsaturated/α-hetero) is 2. The molecule has 444 valence electrons. The monoisotopic (exact) mass is 1160 g/mol. The SMILES string of the molecule is Cc1cc(C)cc(N([C@@H]2[C@H]3CC[C@@](C)([C@@H]2OC(=O)[C@H]2C(=O)[C@@H](C)[C@H](C)O[C@@H]2C)C3(C)C)S(=O)(=O)c2ccccc2)c1.Cc1cc(C)cc(N([C@@H]2[C@H]3CC[C@@](C)([C@@H]2OC(=O)[C@H]2C(=O)[C@@H](C)[C@H](C)O[C@@H]2C)C3(C)C)S(=O)(=O)c2ccccc2)c1. The van der Waals surface area contributed by atoms with E-state index in [0.29, 0.717) is 11.4 Å². The van der Waals surface area contributed by atoms with Crippen LogP contribution in [0.5, 0.6) is 0 Å². The van der Waals surface area contributed by atoms with Crippen molar-refractivity contribution in [3.8, 4) is 0 Å². The Bertz CT molecular complexity index is 3090. The van der Waals surface area contributed by atoms with Crippen LogP contribution < -0.4 is 8.61 Å². The summed E-state index contributed by atoms with van der Waals surface area (Å²) >= 11 is 0. The van der Waals surface area contributed by atoms with Crippen LogP contribution in [-0.2, 0) is 58.2 Å². The van der Waals surface area contributed by atoms with Crippen molar-refractivity contribution in [1.29, 1.82) is 0 Å². The zero-order valence-electron chi connectivity index (χ0n) is 50.8. The second-order valence-electron chi connectivity index (χ2n) is 26.6. The molecule has 16 heteroatoms. The lowest BCUT2D eigenvalue weighted by Gasteiger charge is -2.44. The van der Waals surface area contributed by atoms with Gasteiger partial charge in [0.1, 0.15) is 24.0 Å². The van der Waals surface area contributed by atoms with Gasteiger partial charge in [-0.2, -0.15) is 0 Å². The molecule has 2 saturated heterocycles. The first kappa shape index (κ1) is 61.1. The van der Waals surface area contributed by atoms with Crippen LogP contribution in [0.15, 0.2) is 107 Å². The Hall–Kier alpha value is -5.42. The minimum absolute atomic E-state index is 0.0701. The maximum atomic E-state index is 14.6. The number of hydrogen-bond acceptors (Lipinski definition) is 12. The van der Waals surface area contributed by atoms with E-state index in [4.69, 9.17) is 18.9 Å². The van der Waals surface area contributed by atoms with E-state index in [9.17, 15) is 36.0 Å². The fraction of sp³-hybridized carbons (Fsp3) is 0.576. The molecule has 0 spiro atoms. The Kier molecular flexibility index (Phi) is 16.3. The van der Waals surface area contributed by atoms with Gasteiger partial charge in [-0.3, -0.25) is 27.8 Å². The largest absolute Gasteiger partial charge is 0.459 e. The third-order valence-electron chi connectivity index (χ3n) is 21.2. The van der Waals surface area contributed by atoms with E-state index in [1.807, 2.05) is 77.9 Å². The number of ketones is 2. The number of aryl methyl sites for hydroxylation is 4. The predicted octanol–water partition coefficient (Wildman–Crippen LogP) is 11.7. The van der Waals surface area contributed by atoms with Crippen molar-refractivity contribution in [1.82, 2.24) is 0 Å². The Morgan fingerprint density at radius 2 is 0.793 bits per heavy atom. The summed E-state index contributed by atoms with van der Waals surface area (Å²) < 4.78 is 86.0. The molecule has 4 aromatic carbocycles. The van der Waals surface area contributed by atoms with Gasteiger partial charge < -0.3 is 18.9 Å². The number of benzene rings is 4. The van der Waals surface area contributed by atoms with Crippen LogP contribution in [0.3, 0.4) is 0 Å². The Morgan fingerprint density at radius 3 is 1.10 bits per heavy atom. The van der Waals surface area contributed by atoms with Gasteiger partial charge in [0, 0.05) is 22.7 Å². The highest BCUT2D eigenvalue weighted by Crippen LogP contribution is 2.69. The van der Waals surface area contributed by atoms with Gasteiger partial charge in [0.15, 0.2) is 11.6 Å². The lowest BCUT2D eigenvalue weighted by Crippen LogP contribution is -2.56. The van der Waals surface area contributed by atoms with E-state index >= 15 is 0 Å². The fourth-order valence-electron chi connectivity index (χ4n) is 15.6. The summed E-state index contributed by atoms with van der Waals surface area (Å²) in [6.45, 7) is 31.3. The summed E-state index contributed by atoms with van der Waals surface area (Å²) in [4.78, 5) is 54.8. The maximum Gasteiger partial charge on any atom is 0.319 e. The van der Waals surface area contributed by atoms with Crippen molar-refractivity contribution >= 4 is 54.9 Å². The fourth-order valence-corrected chi connectivity index (χ4v) is 18.9. The summed E-state index contributed by atoms with van der Waals surface area (Å²) in [7, 11) is -8.10. The van der Waals surface area contributed by atoms with Crippen molar-refractivity contribution in [3.63, 3.8) is 0 Å². The zero-order valence-corrected chi connectivity index (χ0v) is 52.4. The Balaban J connectivity index is 0.000000198. The van der Waals surface area contributed by atoms with Gasteiger partial charge in [0.25, 0.3) is 20.0 Å². The molecule has 0 radical (unpaired) electrons. The number of rotatable bonds is 12. The number of nitrogens with zero attached hydrogens (tertiary/aromatic N) is 2. The van der Waals surface area contributed by atoms with E-state index in [1.165, 1.54) is 8.61 Å². The Labute approximate surface area is 487 Å². The molecule has 16 atom stereocenters. The second-order valence-corrected chi connectivity index (χ2v) is 30.2. The van der Waals surface area contributed by atoms with Crippen LogP contribution in [0.4, 0.5) is 11.4 Å². The molecule has 6 aliphatic rings. The van der Waals surface area contributed by atoms with Gasteiger partial charge in [-0.15, -0.1) is 0 Å². The highest BCUT2D eigenvalue weighted by Gasteiger charge is 2.72. The van der Waals surface area contributed by atoms with Crippen LogP contribution in [0, 0.1) is 84.9 Å². The van der Waals surface area contributed by atoms with Gasteiger partial charge in [-0.25, -0.2) is 16.8 Å². The summed E-state index contributed by atoms with van der Waals surface area (Å²) in [6.07, 6.45) is -0.115. The van der Waals surface area contributed by atoms with E-state index in [1.54, 1.807) is 88.4 Å². The average Bonchev–Trinajstić information content (AvgIpc) is 1.96. The lowest BCUT2D eigenvalue weighted by molar-refractivity contribution is -0.182. The second kappa shape index (κ2) is 21.9. The van der Waals surface area contributed by atoms with Crippen LogP contribution >= 0.6 is 0 Å². The first-order chi connectivity index (χ1) is 38.2. The average molecular weight is 1160 g/mol. The summed E-state index contributed by atoms with van der Waals surface area (Å²) in [6, 6.07) is 27.1. The molecule has 4 aliphatic carbocycles. The van der Waals surface area contributed by atoms with Crippen LogP contribution in [0.2, 0.25) is 0 Å². The third kappa shape index (κ3) is 10.0. The highest BCUT2D eigenvalue weighted by molar-refractivity contribution is 7.93. The van der Waals surface area contributed by atoms with Crippen LogP contribution in [-0.4, -0.2) is 89.0 Å². The molecule has 0 amide bonds. The molecule has 0 aromatic heterocycles. The number of fused-ring (bicyclic) bond motifs is 4. The van der Waals surface area contributed by atoms with Crippen molar-refractivity contribution in [2.24, 2.45) is 57.2 Å².